The second kappa shape index (κ2) is 7.73. The smallest absolute Gasteiger partial charge is 0.238 e. The maximum Gasteiger partial charge on any atom is 0.238 e. The zero-order valence-corrected chi connectivity index (χ0v) is 15.5. The summed E-state index contributed by atoms with van der Waals surface area (Å²) in [6.07, 6.45) is 0. The maximum atomic E-state index is 11.4. The molecule has 24 heavy (non-hydrogen) atoms. The number of hydrogen-bond acceptors (Lipinski definition) is 5. The minimum atomic E-state index is -3.70. The number of thiazole rings is 1. The lowest BCUT2D eigenvalue weighted by Crippen LogP contribution is -2.36. The van der Waals surface area contributed by atoms with Crippen molar-refractivity contribution in [1.29, 1.82) is 0 Å². The highest BCUT2D eigenvalue weighted by Crippen LogP contribution is 2.15. The van der Waals surface area contributed by atoms with E-state index < -0.39 is 10.0 Å². The zero-order valence-electron chi connectivity index (χ0n) is 13.8. The van der Waals surface area contributed by atoms with Gasteiger partial charge in [0.25, 0.3) is 0 Å². The Morgan fingerprint density at radius 3 is 2.58 bits per heavy atom. The van der Waals surface area contributed by atoms with Crippen LogP contribution in [0, 0.1) is 13.8 Å². The molecule has 0 atom stereocenters. The Hall–Kier alpha value is -1.97. The predicted molar refractivity (Wildman–Crippen MR) is 96.4 cm³/mol. The number of nitrogens with one attached hydrogen (secondary N) is 2. The molecule has 4 N–H and O–H groups in total. The average molecular weight is 368 g/mol. The highest BCUT2D eigenvalue weighted by atomic mass is 32.2. The summed E-state index contributed by atoms with van der Waals surface area (Å²) < 4.78 is 22.8. The second-order valence-electron chi connectivity index (χ2n) is 5.22. The Labute approximate surface area is 146 Å². The third-order valence-electron chi connectivity index (χ3n) is 3.39. The molecule has 1 aromatic carbocycles. The molecule has 130 valence electrons. The van der Waals surface area contributed by atoms with Crippen LogP contribution in [0.3, 0.4) is 0 Å². The quantitative estimate of drug-likeness (QED) is 0.545. The van der Waals surface area contributed by atoms with Gasteiger partial charge in [0, 0.05) is 18.5 Å². The lowest BCUT2D eigenvalue weighted by molar-refractivity contribution is 0.597. The van der Waals surface area contributed by atoms with Gasteiger partial charge in [-0.15, -0.1) is 11.3 Å². The molecule has 0 saturated heterocycles. The summed E-state index contributed by atoms with van der Waals surface area (Å²) in [6.45, 7) is 5.04. The fraction of sp³-hybridized carbons (Fsp3) is 0.333. The summed E-state index contributed by atoms with van der Waals surface area (Å²) in [5.41, 5.74) is 1.84. The molecule has 1 aromatic heterocycles. The van der Waals surface area contributed by atoms with Crippen LogP contribution >= 0.6 is 11.3 Å². The van der Waals surface area contributed by atoms with E-state index in [-0.39, 0.29) is 4.90 Å². The largest absolute Gasteiger partial charge is 0.352 e. The zero-order chi connectivity index (χ0) is 17.7. The minimum Gasteiger partial charge on any atom is -0.352 e. The SMILES string of the molecule is CN=C(NCc1cccc(S(N)(=O)=O)c1)NCc1nc(C)c(C)s1. The summed E-state index contributed by atoms with van der Waals surface area (Å²) >= 11 is 1.65. The maximum absolute atomic E-state index is 11.4. The van der Waals surface area contributed by atoms with Crippen molar-refractivity contribution in [3.63, 3.8) is 0 Å². The monoisotopic (exact) mass is 367 g/mol. The van der Waals surface area contributed by atoms with Crippen molar-refractivity contribution in [1.82, 2.24) is 15.6 Å². The van der Waals surface area contributed by atoms with Crippen LogP contribution in [0.5, 0.6) is 0 Å². The van der Waals surface area contributed by atoms with Gasteiger partial charge in [-0.3, -0.25) is 4.99 Å². The number of aryl methyl sites for hydroxylation is 2. The fourth-order valence-corrected chi connectivity index (χ4v) is 3.47. The molecule has 2 aromatic rings. The van der Waals surface area contributed by atoms with E-state index in [2.05, 4.69) is 20.6 Å². The van der Waals surface area contributed by atoms with Gasteiger partial charge < -0.3 is 10.6 Å². The predicted octanol–water partition coefficient (Wildman–Crippen LogP) is 1.27. The van der Waals surface area contributed by atoms with Crippen LogP contribution in [0.2, 0.25) is 0 Å². The molecule has 0 aliphatic carbocycles. The first-order chi connectivity index (χ1) is 11.3. The van der Waals surface area contributed by atoms with E-state index >= 15 is 0 Å². The number of benzene rings is 1. The molecule has 0 fully saturated rings. The van der Waals surface area contributed by atoms with Gasteiger partial charge in [0.2, 0.25) is 10.0 Å². The number of rotatable bonds is 5. The summed E-state index contributed by atoms with van der Waals surface area (Å²) in [6, 6.07) is 6.50. The lowest BCUT2D eigenvalue weighted by Gasteiger charge is -2.11. The summed E-state index contributed by atoms with van der Waals surface area (Å²) in [5.74, 6) is 0.613. The summed E-state index contributed by atoms with van der Waals surface area (Å²) in [7, 11) is -2.02. The van der Waals surface area contributed by atoms with Crippen LogP contribution in [0.1, 0.15) is 21.1 Å². The summed E-state index contributed by atoms with van der Waals surface area (Å²) in [5, 5.41) is 12.5. The van der Waals surface area contributed by atoms with Gasteiger partial charge in [0.05, 0.1) is 17.1 Å². The van der Waals surface area contributed by atoms with Crippen LogP contribution in [-0.2, 0) is 23.1 Å². The number of aromatic nitrogens is 1. The Bertz CT molecular complexity index is 824. The van der Waals surface area contributed by atoms with Crippen molar-refractivity contribution in [2.75, 3.05) is 7.05 Å². The number of nitrogens with zero attached hydrogens (tertiary/aromatic N) is 2. The van der Waals surface area contributed by atoms with Gasteiger partial charge in [-0.1, -0.05) is 12.1 Å². The molecule has 2 rings (SSSR count). The number of guanidine groups is 1. The van der Waals surface area contributed by atoms with Crippen molar-refractivity contribution in [2.45, 2.75) is 31.8 Å². The van der Waals surface area contributed by atoms with Crippen LogP contribution in [0.4, 0.5) is 0 Å². The highest BCUT2D eigenvalue weighted by molar-refractivity contribution is 7.89. The van der Waals surface area contributed by atoms with E-state index in [1.54, 1.807) is 30.5 Å². The van der Waals surface area contributed by atoms with Gasteiger partial charge in [-0.2, -0.15) is 0 Å². The van der Waals surface area contributed by atoms with Gasteiger partial charge in [-0.05, 0) is 31.5 Å². The first-order valence-corrected chi connectivity index (χ1v) is 9.65. The number of nitrogens with two attached hydrogens (primary N) is 1. The van der Waals surface area contributed by atoms with Crippen molar-refractivity contribution < 1.29 is 8.42 Å². The normalized spacial score (nSPS) is 12.2. The van der Waals surface area contributed by atoms with Crippen LogP contribution in [-0.4, -0.2) is 26.4 Å². The molecule has 0 aliphatic rings. The van der Waals surface area contributed by atoms with Crippen LogP contribution in [0.25, 0.3) is 0 Å². The molecule has 1 heterocycles. The van der Waals surface area contributed by atoms with Crippen molar-refractivity contribution >= 4 is 27.3 Å². The van der Waals surface area contributed by atoms with E-state index in [4.69, 9.17) is 5.14 Å². The number of aliphatic imine (C=N–C) groups is 1. The average Bonchev–Trinajstić information content (AvgIpc) is 2.85. The number of sulfonamides is 1. The molecule has 0 saturated carbocycles. The van der Waals surface area contributed by atoms with Crippen molar-refractivity contribution in [3.05, 3.63) is 45.4 Å². The fourth-order valence-electron chi connectivity index (χ4n) is 2.01. The molecular weight excluding hydrogens is 346 g/mol. The topological polar surface area (TPSA) is 109 Å². The molecule has 0 bridgehead atoms. The van der Waals surface area contributed by atoms with Crippen molar-refractivity contribution in [2.24, 2.45) is 10.1 Å². The third kappa shape index (κ3) is 5.02. The molecule has 0 spiro atoms. The first kappa shape index (κ1) is 18.4. The van der Waals surface area contributed by atoms with Gasteiger partial charge in [0.1, 0.15) is 5.01 Å². The molecule has 0 amide bonds. The van der Waals surface area contributed by atoms with E-state index in [0.29, 0.717) is 19.0 Å². The molecule has 7 nitrogen and oxygen atoms in total. The Morgan fingerprint density at radius 2 is 2.00 bits per heavy atom. The summed E-state index contributed by atoms with van der Waals surface area (Å²) in [4.78, 5) is 9.91. The minimum absolute atomic E-state index is 0.0958. The van der Waals surface area contributed by atoms with Gasteiger partial charge in [-0.25, -0.2) is 18.5 Å². The number of hydrogen-bond donors (Lipinski definition) is 3. The molecule has 0 radical (unpaired) electrons. The van der Waals surface area contributed by atoms with E-state index in [9.17, 15) is 8.42 Å². The standard InChI is InChI=1S/C15H21N5O2S2/c1-10-11(2)23-14(20-10)9-19-15(17-3)18-8-12-5-4-6-13(7-12)24(16,21)22/h4-7H,8-9H2,1-3H3,(H2,16,21,22)(H2,17,18,19). The Balaban J connectivity index is 1.94. The third-order valence-corrected chi connectivity index (χ3v) is 5.37. The number of primary sulfonamides is 1. The molecular formula is C15H21N5O2S2. The Morgan fingerprint density at radius 1 is 1.29 bits per heavy atom. The Kier molecular flexibility index (Phi) is 5.92. The second-order valence-corrected chi connectivity index (χ2v) is 8.07. The van der Waals surface area contributed by atoms with E-state index in [0.717, 1.165) is 16.3 Å². The van der Waals surface area contributed by atoms with Gasteiger partial charge in [0.15, 0.2) is 5.96 Å². The van der Waals surface area contributed by atoms with Crippen LogP contribution < -0.4 is 15.8 Å². The van der Waals surface area contributed by atoms with Crippen molar-refractivity contribution in [3.8, 4) is 0 Å². The highest BCUT2D eigenvalue weighted by Gasteiger charge is 2.08. The first-order valence-electron chi connectivity index (χ1n) is 7.29. The molecule has 0 aliphatic heterocycles. The van der Waals surface area contributed by atoms with Crippen LogP contribution in [0.15, 0.2) is 34.2 Å². The van der Waals surface area contributed by atoms with Gasteiger partial charge >= 0.3 is 0 Å². The molecule has 9 heteroatoms. The van der Waals surface area contributed by atoms with E-state index in [1.807, 2.05) is 19.9 Å². The lowest BCUT2D eigenvalue weighted by atomic mass is 10.2. The molecule has 0 unspecified atom stereocenters. The van der Waals surface area contributed by atoms with E-state index in [1.165, 1.54) is 10.9 Å².